The molecule has 20 heavy (non-hydrogen) atoms. The number of aromatic carboxylic acids is 1. The number of aryl methyl sites for hydroxylation is 1. The van der Waals surface area contributed by atoms with Gasteiger partial charge >= 0.3 is 5.97 Å². The number of thiophene rings is 1. The van der Waals surface area contributed by atoms with Crippen molar-refractivity contribution in [2.75, 3.05) is 6.54 Å². The van der Waals surface area contributed by atoms with Gasteiger partial charge in [-0.1, -0.05) is 0 Å². The molecular formula is C11H13N3O4S2. The third-order valence-corrected chi connectivity index (χ3v) is 5.48. The van der Waals surface area contributed by atoms with E-state index in [1.165, 1.54) is 12.1 Å². The Balaban J connectivity index is 1.98. The van der Waals surface area contributed by atoms with Gasteiger partial charge in [-0.05, 0) is 24.6 Å². The zero-order valence-electron chi connectivity index (χ0n) is 10.6. The lowest BCUT2D eigenvalue weighted by Crippen LogP contribution is -2.27. The Morgan fingerprint density at radius 3 is 2.80 bits per heavy atom. The van der Waals surface area contributed by atoms with Gasteiger partial charge < -0.3 is 5.11 Å². The monoisotopic (exact) mass is 315 g/mol. The van der Waals surface area contributed by atoms with E-state index in [0.29, 0.717) is 6.54 Å². The van der Waals surface area contributed by atoms with E-state index in [4.69, 9.17) is 5.11 Å². The van der Waals surface area contributed by atoms with Crippen LogP contribution in [0.2, 0.25) is 0 Å². The molecule has 0 fully saturated rings. The summed E-state index contributed by atoms with van der Waals surface area (Å²) in [5.41, 5.74) is 0.997. The quantitative estimate of drug-likeness (QED) is 0.826. The van der Waals surface area contributed by atoms with Gasteiger partial charge in [-0.2, -0.15) is 5.10 Å². The fraction of sp³-hybridized carbons (Fsp3) is 0.273. The van der Waals surface area contributed by atoms with Crippen LogP contribution in [0, 0.1) is 6.92 Å². The molecule has 2 N–H and O–H groups in total. The number of hydrogen-bond acceptors (Lipinski definition) is 5. The van der Waals surface area contributed by atoms with E-state index < -0.39 is 16.0 Å². The predicted molar refractivity (Wildman–Crippen MR) is 73.4 cm³/mol. The standard InChI is InChI=1S/C11H13N3O4S2/c1-8-6-12-14(7-8)5-4-13-20(17,18)10-3-2-9(19-10)11(15)16/h2-3,6-7,13H,4-5H2,1H3,(H,15,16). The second-order valence-corrected chi connectivity index (χ2v) is 7.18. The van der Waals surface area contributed by atoms with Gasteiger partial charge in [0, 0.05) is 12.7 Å². The lowest BCUT2D eigenvalue weighted by Gasteiger charge is -2.04. The van der Waals surface area contributed by atoms with E-state index in [-0.39, 0.29) is 15.6 Å². The van der Waals surface area contributed by atoms with Crippen LogP contribution in [-0.4, -0.2) is 35.8 Å². The van der Waals surface area contributed by atoms with E-state index >= 15 is 0 Å². The normalized spacial score (nSPS) is 11.7. The molecule has 0 bridgehead atoms. The molecule has 2 rings (SSSR count). The maximum atomic E-state index is 11.9. The molecule has 7 nitrogen and oxygen atoms in total. The van der Waals surface area contributed by atoms with Crippen LogP contribution in [0.25, 0.3) is 0 Å². The number of rotatable bonds is 6. The Bertz CT molecular complexity index is 718. The van der Waals surface area contributed by atoms with Crippen LogP contribution >= 0.6 is 11.3 Å². The molecule has 108 valence electrons. The number of nitrogens with one attached hydrogen (secondary N) is 1. The van der Waals surface area contributed by atoms with E-state index in [1.807, 2.05) is 13.1 Å². The Kier molecular flexibility index (Phi) is 4.21. The molecule has 0 aliphatic rings. The molecule has 9 heteroatoms. The Morgan fingerprint density at radius 2 is 2.25 bits per heavy atom. The van der Waals surface area contributed by atoms with Crippen LogP contribution in [0.15, 0.2) is 28.7 Å². The Labute approximate surface area is 119 Å². The molecule has 0 saturated heterocycles. The molecule has 0 aromatic carbocycles. The maximum absolute atomic E-state index is 11.9. The van der Waals surface area contributed by atoms with Crippen LogP contribution in [0.3, 0.4) is 0 Å². The van der Waals surface area contributed by atoms with Gasteiger partial charge in [-0.15, -0.1) is 11.3 Å². The van der Waals surface area contributed by atoms with Gasteiger partial charge in [-0.25, -0.2) is 17.9 Å². The van der Waals surface area contributed by atoms with Crippen LogP contribution in [-0.2, 0) is 16.6 Å². The summed E-state index contributed by atoms with van der Waals surface area (Å²) in [7, 11) is -3.67. The minimum absolute atomic E-state index is 0.00641. The van der Waals surface area contributed by atoms with E-state index in [2.05, 4.69) is 9.82 Å². The van der Waals surface area contributed by atoms with Gasteiger partial charge in [0.1, 0.15) is 9.09 Å². The van der Waals surface area contributed by atoms with Gasteiger partial charge in [0.15, 0.2) is 0 Å². The van der Waals surface area contributed by atoms with Crippen molar-refractivity contribution >= 4 is 27.3 Å². The zero-order valence-corrected chi connectivity index (χ0v) is 12.2. The lowest BCUT2D eigenvalue weighted by molar-refractivity contribution is 0.0702. The summed E-state index contributed by atoms with van der Waals surface area (Å²) in [5.74, 6) is -1.14. The molecule has 0 atom stereocenters. The lowest BCUT2D eigenvalue weighted by atomic mass is 10.4. The molecule has 0 amide bonds. The summed E-state index contributed by atoms with van der Waals surface area (Å²) >= 11 is 0.726. The number of nitrogens with zero attached hydrogens (tertiary/aromatic N) is 2. The first-order valence-electron chi connectivity index (χ1n) is 5.70. The number of hydrogen-bond donors (Lipinski definition) is 2. The minimum Gasteiger partial charge on any atom is -0.477 e. The van der Waals surface area contributed by atoms with Crippen LogP contribution < -0.4 is 4.72 Å². The first-order valence-corrected chi connectivity index (χ1v) is 8.00. The zero-order chi connectivity index (χ0) is 14.8. The van der Waals surface area contributed by atoms with E-state index in [0.717, 1.165) is 16.9 Å². The van der Waals surface area contributed by atoms with Gasteiger partial charge in [-0.3, -0.25) is 4.68 Å². The van der Waals surface area contributed by atoms with Crippen molar-refractivity contribution in [1.82, 2.24) is 14.5 Å². The Morgan fingerprint density at radius 1 is 1.50 bits per heavy atom. The third kappa shape index (κ3) is 3.44. The number of sulfonamides is 1. The highest BCUT2D eigenvalue weighted by molar-refractivity contribution is 7.91. The summed E-state index contributed by atoms with van der Waals surface area (Å²) in [6.07, 6.45) is 3.49. The van der Waals surface area contributed by atoms with Gasteiger partial charge in [0.05, 0.1) is 12.7 Å². The van der Waals surface area contributed by atoms with Gasteiger partial charge in [0.2, 0.25) is 10.0 Å². The SMILES string of the molecule is Cc1cnn(CCNS(=O)(=O)c2ccc(C(=O)O)s2)c1. The largest absolute Gasteiger partial charge is 0.477 e. The summed E-state index contributed by atoms with van der Waals surface area (Å²) in [4.78, 5) is 10.7. The van der Waals surface area contributed by atoms with Crippen molar-refractivity contribution in [1.29, 1.82) is 0 Å². The molecule has 2 aromatic heterocycles. The predicted octanol–water partition coefficient (Wildman–Crippen LogP) is 0.930. The fourth-order valence-electron chi connectivity index (χ4n) is 1.53. The maximum Gasteiger partial charge on any atom is 0.345 e. The summed E-state index contributed by atoms with van der Waals surface area (Å²) in [6.45, 7) is 2.49. The Hall–Kier alpha value is -1.71. The van der Waals surface area contributed by atoms with Crippen molar-refractivity contribution in [2.24, 2.45) is 0 Å². The first kappa shape index (κ1) is 14.7. The smallest absolute Gasteiger partial charge is 0.345 e. The molecule has 0 unspecified atom stereocenters. The van der Waals surface area contributed by atoms with Crippen LogP contribution in [0.1, 0.15) is 15.2 Å². The second kappa shape index (κ2) is 5.73. The van der Waals surface area contributed by atoms with Crippen molar-refractivity contribution in [3.63, 3.8) is 0 Å². The number of carbonyl (C=O) groups is 1. The number of aromatic nitrogens is 2. The molecule has 0 aliphatic heterocycles. The van der Waals surface area contributed by atoms with E-state index in [1.54, 1.807) is 10.9 Å². The third-order valence-electron chi connectivity index (χ3n) is 2.45. The molecule has 0 spiro atoms. The van der Waals surface area contributed by atoms with Crippen molar-refractivity contribution in [3.05, 3.63) is 35.0 Å². The highest BCUT2D eigenvalue weighted by Gasteiger charge is 2.18. The summed E-state index contributed by atoms with van der Waals surface area (Å²) in [6, 6.07) is 2.56. The molecule has 0 radical (unpaired) electrons. The first-order chi connectivity index (χ1) is 9.38. The average Bonchev–Trinajstić information content (AvgIpc) is 2.98. The minimum atomic E-state index is -3.67. The molecular weight excluding hydrogens is 302 g/mol. The molecule has 2 aromatic rings. The number of carboxylic acids is 1. The molecule has 0 aliphatic carbocycles. The van der Waals surface area contributed by atoms with Crippen molar-refractivity contribution in [3.8, 4) is 0 Å². The highest BCUT2D eigenvalue weighted by Crippen LogP contribution is 2.21. The van der Waals surface area contributed by atoms with Crippen molar-refractivity contribution < 1.29 is 18.3 Å². The number of carboxylic acid groups (broad SMARTS) is 1. The van der Waals surface area contributed by atoms with E-state index in [9.17, 15) is 13.2 Å². The second-order valence-electron chi connectivity index (χ2n) is 4.10. The fourth-order valence-corrected chi connectivity index (χ4v) is 3.75. The van der Waals surface area contributed by atoms with Crippen LogP contribution in [0.5, 0.6) is 0 Å². The van der Waals surface area contributed by atoms with Crippen molar-refractivity contribution in [2.45, 2.75) is 17.7 Å². The molecule has 2 heterocycles. The molecule has 0 saturated carbocycles. The highest BCUT2D eigenvalue weighted by atomic mass is 32.2. The average molecular weight is 315 g/mol. The summed E-state index contributed by atoms with van der Waals surface area (Å²) in [5, 5.41) is 12.8. The topological polar surface area (TPSA) is 101 Å². The van der Waals surface area contributed by atoms with Crippen LogP contribution in [0.4, 0.5) is 0 Å². The summed E-state index contributed by atoms with van der Waals surface area (Å²) < 4.78 is 27.9. The van der Waals surface area contributed by atoms with Gasteiger partial charge in [0.25, 0.3) is 0 Å².